The van der Waals surface area contributed by atoms with Crippen molar-refractivity contribution in [2.45, 2.75) is 225 Å². The second kappa shape index (κ2) is 44.8. The fraction of sp³-hybridized carbons (Fsp3) is 0.649. The number of hydrogen-bond acceptors (Lipinski definition) is 11. The lowest BCUT2D eigenvalue weighted by atomic mass is 9.98. The fourth-order valence-corrected chi connectivity index (χ4v) is 7.12. The first-order valence-electron chi connectivity index (χ1n) is 26.2. The summed E-state index contributed by atoms with van der Waals surface area (Å²) in [6.07, 6.45) is 45.5. The molecule has 390 valence electrons. The first-order chi connectivity index (χ1) is 33.6. The van der Waals surface area contributed by atoms with Gasteiger partial charge in [0.1, 0.15) is 18.8 Å². The number of esters is 3. The normalized spacial score (nSPS) is 19.5. The average Bonchev–Trinajstić information content (AvgIpc) is 3.33. The predicted molar refractivity (Wildman–Crippen MR) is 275 cm³/mol. The highest BCUT2D eigenvalue weighted by Crippen LogP contribution is 2.26. The Labute approximate surface area is 415 Å². The summed E-state index contributed by atoms with van der Waals surface area (Å²) in [6.45, 7) is 5.61. The van der Waals surface area contributed by atoms with Crippen LogP contribution in [0, 0.1) is 0 Å². The van der Waals surface area contributed by atoms with E-state index in [1.165, 1.54) is 12.8 Å². The van der Waals surface area contributed by atoms with E-state index in [1.54, 1.807) is 0 Å². The zero-order valence-corrected chi connectivity index (χ0v) is 42.5. The van der Waals surface area contributed by atoms with Gasteiger partial charge in [-0.2, -0.15) is 0 Å². The van der Waals surface area contributed by atoms with Crippen LogP contribution in [0.4, 0.5) is 0 Å². The van der Waals surface area contributed by atoms with Crippen LogP contribution in [0.25, 0.3) is 0 Å². The van der Waals surface area contributed by atoms with Crippen LogP contribution < -0.4 is 0 Å². The van der Waals surface area contributed by atoms with Crippen LogP contribution in [0.2, 0.25) is 0 Å². The average molecular weight is 967 g/mol. The second-order valence-electron chi connectivity index (χ2n) is 17.4. The summed E-state index contributed by atoms with van der Waals surface area (Å²) < 4.78 is 28.2. The molecule has 6 unspecified atom stereocenters. The van der Waals surface area contributed by atoms with Crippen LogP contribution in [0.3, 0.4) is 0 Å². The van der Waals surface area contributed by atoms with Crippen LogP contribution in [0.15, 0.2) is 97.2 Å². The molecule has 12 heteroatoms. The van der Waals surface area contributed by atoms with Gasteiger partial charge in [-0.25, -0.2) is 4.79 Å². The lowest BCUT2D eigenvalue weighted by Crippen LogP contribution is -2.61. The smallest absolute Gasteiger partial charge is 0.335 e. The minimum absolute atomic E-state index is 0.0375. The number of aliphatic hydroxyl groups excluding tert-OH is 2. The Balaban J connectivity index is 2.79. The Kier molecular flexibility index (Phi) is 40.7. The molecular weight excluding hydrogens is 877 g/mol. The molecule has 12 nitrogen and oxygen atoms in total. The number of carboxylic acid groups (broad SMARTS) is 1. The van der Waals surface area contributed by atoms with Gasteiger partial charge in [0.2, 0.25) is 0 Å². The van der Waals surface area contributed by atoms with Gasteiger partial charge in [0.15, 0.2) is 24.6 Å². The summed E-state index contributed by atoms with van der Waals surface area (Å²) in [5.74, 6) is -3.25. The molecule has 1 aliphatic rings. The molecule has 1 heterocycles. The third kappa shape index (κ3) is 35.4. The van der Waals surface area contributed by atoms with E-state index in [1.807, 2.05) is 0 Å². The molecular formula is C57H90O12. The van der Waals surface area contributed by atoms with Crippen molar-refractivity contribution in [3.63, 3.8) is 0 Å². The third-order valence-corrected chi connectivity index (χ3v) is 11.1. The summed E-state index contributed by atoms with van der Waals surface area (Å²) >= 11 is 0. The number of rotatable bonds is 42. The zero-order chi connectivity index (χ0) is 50.4. The van der Waals surface area contributed by atoms with Crippen molar-refractivity contribution in [3.05, 3.63) is 97.2 Å². The Morgan fingerprint density at radius 3 is 1.45 bits per heavy atom. The minimum Gasteiger partial charge on any atom is -0.479 e. The molecule has 1 aliphatic heterocycles. The van der Waals surface area contributed by atoms with Gasteiger partial charge >= 0.3 is 23.9 Å². The molecule has 3 N–H and O–H groups in total. The van der Waals surface area contributed by atoms with Crippen molar-refractivity contribution in [2.24, 2.45) is 0 Å². The number of carbonyl (C=O) groups is 4. The van der Waals surface area contributed by atoms with Gasteiger partial charge in [-0.1, -0.05) is 157 Å². The van der Waals surface area contributed by atoms with Crippen LogP contribution in [-0.2, 0) is 42.9 Å². The lowest BCUT2D eigenvalue weighted by molar-refractivity contribution is -0.301. The van der Waals surface area contributed by atoms with Gasteiger partial charge in [0.05, 0.1) is 6.61 Å². The number of ether oxygens (including phenoxy) is 5. The monoisotopic (exact) mass is 967 g/mol. The van der Waals surface area contributed by atoms with Crippen LogP contribution in [0.5, 0.6) is 0 Å². The van der Waals surface area contributed by atoms with Crippen molar-refractivity contribution in [1.29, 1.82) is 0 Å². The Morgan fingerprint density at radius 1 is 0.493 bits per heavy atom. The predicted octanol–water partition coefficient (Wildman–Crippen LogP) is 12.6. The Morgan fingerprint density at radius 2 is 0.913 bits per heavy atom. The van der Waals surface area contributed by atoms with Gasteiger partial charge in [-0.15, -0.1) is 0 Å². The minimum atomic E-state index is -1.92. The van der Waals surface area contributed by atoms with E-state index >= 15 is 0 Å². The molecule has 6 atom stereocenters. The molecule has 0 radical (unpaired) electrons. The van der Waals surface area contributed by atoms with E-state index in [2.05, 4.69) is 118 Å². The van der Waals surface area contributed by atoms with E-state index in [0.29, 0.717) is 19.3 Å². The van der Waals surface area contributed by atoms with Gasteiger partial charge in [-0.05, 0) is 109 Å². The molecule has 0 saturated carbocycles. The molecule has 0 aromatic rings. The quantitative estimate of drug-likeness (QED) is 0.0229. The number of carboxylic acids is 1. The summed E-state index contributed by atoms with van der Waals surface area (Å²) in [5.41, 5.74) is 0. The first kappa shape index (κ1) is 62.7. The topological polar surface area (TPSA) is 175 Å². The molecule has 0 bridgehead atoms. The fourth-order valence-electron chi connectivity index (χ4n) is 7.12. The highest BCUT2D eigenvalue weighted by molar-refractivity contribution is 5.74. The maximum atomic E-state index is 13.1. The van der Waals surface area contributed by atoms with Gasteiger partial charge in [0.25, 0.3) is 0 Å². The summed E-state index contributed by atoms with van der Waals surface area (Å²) in [4.78, 5) is 50.8. The van der Waals surface area contributed by atoms with Gasteiger partial charge in [-0.3, -0.25) is 14.4 Å². The highest BCUT2D eigenvalue weighted by atomic mass is 16.7. The first-order valence-corrected chi connectivity index (χ1v) is 26.2. The van der Waals surface area contributed by atoms with E-state index in [0.717, 1.165) is 116 Å². The number of unbranched alkanes of at least 4 members (excludes halogenated alkanes) is 12. The molecule has 69 heavy (non-hydrogen) atoms. The van der Waals surface area contributed by atoms with Crippen molar-refractivity contribution >= 4 is 23.9 Å². The standard InChI is InChI=1S/C57H90O12/c1-4-7-10-13-16-19-22-24-25-27-29-31-34-37-40-43-49(58)65-46-48(67-50(59)44-41-38-35-33-30-26-23-20-17-14-11-8-5-2)47-66-57-55(53(62)52(61)54(69-57)56(63)64)68-51(60)45-42-39-36-32-28-21-18-15-12-9-6-3/h7-8,10-11,15-20,24-26,29-31,48,52-55,57,61-62H,4-6,9,12-14,21-23,27-28,32-47H2,1-3H3,(H,63,64)/b10-7-,11-8-,18-15-,19-16-,20-17-,25-24-,30-26-,31-29-. The molecule has 0 spiro atoms. The van der Waals surface area contributed by atoms with E-state index < -0.39 is 67.3 Å². The number of hydrogen-bond donors (Lipinski definition) is 3. The van der Waals surface area contributed by atoms with E-state index in [9.17, 15) is 34.5 Å². The Hall–Kier alpha value is -4.36. The lowest BCUT2D eigenvalue weighted by Gasteiger charge is -2.40. The summed E-state index contributed by atoms with van der Waals surface area (Å²) in [7, 11) is 0. The molecule has 1 rings (SSSR count). The number of aliphatic carboxylic acids is 1. The van der Waals surface area contributed by atoms with Crippen molar-refractivity contribution in [1.82, 2.24) is 0 Å². The number of aliphatic hydroxyl groups is 2. The van der Waals surface area contributed by atoms with Crippen LogP contribution in [-0.4, -0.2) is 89.2 Å². The SMILES string of the molecule is CC/C=C\C/C=C\C/C=C\C/C=C\CCCCC(=O)OCC(COC1OC(C(=O)O)C(O)C(O)C1OC(=O)CCCCCCC/C=C\CCCC)OC(=O)CCCCC/C=C\C/C=C\C/C=C\CC. The maximum Gasteiger partial charge on any atom is 0.335 e. The molecule has 0 aromatic heterocycles. The zero-order valence-electron chi connectivity index (χ0n) is 42.5. The van der Waals surface area contributed by atoms with Gasteiger partial charge < -0.3 is 39.0 Å². The molecule has 0 amide bonds. The molecule has 0 aromatic carbocycles. The highest BCUT2D eigenvalue weighted by Gasteiger charge is 2.50. The third-order valence-electron chi connectivity index (χ3n) is 11.1. The van der Waals surface area contributed by atoms with E-state index in [-0.39, 0.29) is 25.9 Å². The summed E-state index contributed by atoms with van der Waals surface area (Å²) in [6, 6.07) is 0. The largest absolute Gasteiger partial charge is 0.479 e. The molecule has 1 saturated heterocycles. The van der Waals surface area contributed by atoms with Crippen molar-refractivity contribution in [2.75, 3.05) is 13.2 Å². The number of allylic oxidation sites excluding steroid dienone is 16. The van der Waals surface area contributed by atoms with Crippen molar-refractivity contribution in [3.8, 4) is 0 Å². The maximum absolute atomic E-state index is 13.1. The van der Waals surface area contributed by atoms with E-state index in [4.69, 9.17) is 23.7 Å². The van der Waals surface area contributed by atoms with Crippen molar-refractivity contribution < 1.29 is 58.2 Å². The molecule has 1 fully saturated rings. The number of carbonyl (C=O) groups excluding carboxylic acids is 3. The van der Waals surface area contributed by atoms with Gasteiger partial charge in [0, 0.05) is 19.3 Å². The summed E-state index contributed by atoms with van der Waals surface area (Å²) in [5, 5.41) is 31.3. The Bertz CT molecular complexity index is 1570. The second-order valence-corrected chi connectivity index (χ2v) is 17.4. The van der Waals surface area contributed by atoms with Crippen LogP contribution >= 0.6 is 0 Å². The molecule has 0 aliphatic carbocycles. The van der Waals surface area contributed by atoms with Crippen LogP contribution in [0.1, 0.15) is 188 Å².